The number of rotatable bonds is 4. The second-order valence-corrected chi connectivity index (χ2v) is 3.45. The van der Waals surface area contributed by atoms with E-state index in [2.05, 4.69) is 0 Å². The van der Waals surface area contributed by atoms with Crippen molar-refractivity contribution in [3.05, 3.63) is 28.8 Å². The minimum Gasteiger partial charge on any atom is -0.492 e. The first-order valence-electron chi connectivity index (χ1n) is 4.79. The van der Waals surface area contributed by atoms with Gasteiger partial charge in [-0.25, -0.2) is 0 Å². The summed E-state index contributed by atoms with van der Waals surface area (Å²) in [6, 6.07) is 5.38. The Labute approximate surface area is 89.5 Å². The molecule has 0 bridgehead atoms. The molecule has 0 spiro atoms. The molecule has 14 heavy (non-hydrogen) atoms. The molecule has 1 aromatic rings. The second-order valence-electron chi connectivity index (χ2n) is 3.05. The molecule has 0 fully saturated rings. The zero-order valence-electron chi connectivity index (χ0n) is 8.46. The number of ether oxygens (including phenoxy) is 1. The van der Waals surface area contributed by atoms with Gasteiger partial charge in [-0.2, -0.15) is 0 Å². The van der Waals surface area contributed by atoms with Gasteiger partial charge in [0.15, 0.2) is 0 Å². The van der Waals surface area contributed by atoms with E-state index in [0.717, 1.165) is 5.56 Å². The van der Waals surface area contributed by atoms with Crippen molar-refractivity contribution in [2.75, 3.05) is 6.61 Å². The third kappa shape index (κ3) is 2.63. The van der Waals surface area contributed by atoms with Crippen molar-refractivity contribution in [3.63, 3.8) is 0 Å². The topological polar surface area (TPSA) is 29.5 Å². The van der Waals surface area contributed by atoms with Gasteiger partial charge in [0, 0.05) is 0 Å². The number of halogens is 1. The van der Waals surface area contributed by atoms with E-state index >= 15 is 0 Å². The monoisotopic (exact) mass is 214 g/mol. The van der Waals surface area contributed by atoms with Crippen LogP contribution in [0.25, 0.3) is 0 Å². The van der Waals surface area contributed by atoms with E-state index in [-0.39, 0.29) is 0 Å². The maximum absolute atomic E-state index is 9.58. The predicted molar refractivity (Wildman–Crippen MR) is 57.9 cm³/mol. The second kappa shape index (κ2) is 5.23. The van der Waals surface area contributed by atoms with Gasteiger partial charge in [-0.15, -0.1) is 0 Å². The van der Waals surface area contributed by atoms with Gasteiger partial charge < -0.3 is 9.84 Å². The molecule has 0 saturated carbocycles. The van der Waals surface area contributed by atoms with Crippen LogP contribution in [0.15, 0.2) is 18.2 Å². The molecule has 78 valence electrons. The van der Waals surface area contributed by atoms with Crippen molar-refractivity contribution in [3.8, 4) is 5.75 Å². The van der Waals surface area contributed by atoms with Crippen LogP contribution < -0.4 is 4.74 Å². The zero-order chi connectivity index (χ0) is 10.6. The first kappa shape index (κ1) is 11.3. The predicted octanol–water partition coefficient (Wildman–Crippen LogP) is 3.18. The van der Waals surface area contributed by atoms with E-state index in [1.54, 1.807) is 12.1 Å². The summed E-state index contributed by atoms with van der Waals surface area (Å²) in [4.78, 5) is 0. The van der Waals surface area contributed by atoms with Crippen molar-refractivity contribution >= 4 is 11.6 Å². The Kier molecular flexibility index (Phi) is 4.23. The summed E-state index contributed by atoms with van der Waals surface area (Å²) >= 11 is 5.97. The van der Waals surface area contributed by atoms with Gasteiger partial charge in [-0.05, 0) is 31.0 Å². The van der Waals surface area contributed by atoms with E-state index in [0.29, 0.717) is 23.8 Å². The maximum Gasteiger partial charge on any atom is 0.137 e. The number of aliphatic hydroxyl groups excluding tert-OH is 1. The Hall–Kier alpha value is -0.730. The number of benzene rings is 1. The van der Waals surface area contributed by atoms with Crippen LogP contribution >= 0.6 is 11.6 Å². The standard InChI is InChI=1S/C11H15ClO2/c1-3-10(13)8-5-6-11(14-4-2)9(12)7-8/h5-7,10,13H,3-4H2,1-2H3. The van der Waals surface area contributed by atoms with Crippen molar-refractivity contribution < 1.29 is 9.84 Å². The molecule has 0 aliphatic heterocycles. The van der Waals surface area contributed by atoms with Crippen LogP contribution in [0.5, 0.6) is 5.75 Å². The highest BCUT2D eigenvalue weighted by molar-refractivity contribution is 6.32. The molecule has 0 radical (unpaired) electrons. The lowest BCUT2D eigenvalue weighted by molar-refractivity contribution is 0.173. The van der Waals surface area contributed by atoms with E-state index < -0.39 is 6.10 Å². The molecular weight excluding hydrogens is 200 g/mol. The Morgan fingerprint density at radius 3 is 2.64 bits per heavy atom. The summed E-state index contributed by atoms with van der Waals surface area (Å²) in [5, 5.41) is 10.1. The molecule has 0 aliphatic carbocycles. The van der Waals surface area contributed by atoms with Crippen molar-refractivity contribution in [1.29, 1.82) is 0 Å². The van der Waals surface area contributed by atoms with Crippen molar-refractivity contribution in [1.82, 2.24) is 0 Å². The Bertz CT molecular complexity index is 299. The summed E-state index contributed by atoms with van der Waals surface area (Å²) in [5.41, 5.74) is 0.834. The Morgan fingerprint density at radius 1 is 1.43 bits per heavy atom. The van der Waals surface area contributed by atoms with Crippen LogP contribution in [0.4, 0.5) is 0 Å². The minimum atomic E-state index is -0.442. The molecule has 1 rings (SSSR count). The average molecular weight is 215 g/mol. The van der Waals surface area contributed by atoms with Gasteiger partial charge in [0.05, 0.1) is 17.7 Å². The molecule has 1 atom stereocenters. The number of aliphatic hydroxyl groups is 1. The fourth-order valence-corrected chi connectivity index (χ4v) is 1.48. The highest BCUT2D eigenvalue weighted by atomic mass is 35.5. The van der Waals surface area contributed by atoms with Gasteiger partial charge in [0.25, 0.3) is 0 Å². The molecule has 0 amide bonds. The van der Waals surface area contributed by atoms with Crippen molar-refractivity contribution in [2.24, 2.45) is 0 Å². The fourth-order valence-electron chi connectivity index (χ4n) is 1.23. The lowest BCUT2D eigenvalue weighted by Crippen LogP contribution is -1.97. The fraction of sp³-hybridized carbons (Fsp3) is 0.455. The number of hydrogen-bond acceptors (Lipinski definition) is 2. The smallest absolute Gasteiger partial charge is 0.137 e. The van der Waals surface area contributed by atoms with E-state index in [1.807, 2.05) is 19.9 Å². The normalized spacial score (nSPS) is 12.6. The van der Waals surface area contributed by atoms with Crippen LogP contribution in [-0.2, 0) is 0 Å². The molecule has 1 unspecified atom stereocenters. The lowest BCUT2D eigenvalue weighted by atomic mass is 10.1. The molecule has 0 aliphatic rings. The molecule has 0 heterocycles. The minimum absolute atomic E-state index is 0.442. The van der Waals surface area contributed by atoms with E-state index in [9.17, 15) is 5.11 Å². The summed E-state index contributed by atoms with van der Waals surface area (Å²) in [6.45, 7) is 4.43. The zero-order valence-corrected chi connectivity index (χ0v) is 9.21. The van der Waals surface area contributed by atoms with Gasteiger partial charge >= 0.3 is 0 Å². The highest BCUT2D eigenvalue weighted by Gasteiger charge is 2.08. The van der Waals surface area contributed by atoms with Crippen LogP contribution in [-0.4, -0.2) is 11.7 Å². The Morgan fingerprint density at radius 2 is 2.14 bits per heavy atom. The maximum atomic E-state index is 9.58. The van der Waals surface area contributed by atoms with Crippen LogP contribution in [0.1, 0.15) is 31.9 Å². The van der Waals surface area contributed by atoms with E-state index in [4.69, 9.17) is 16.3 Å². The molecular formula is C11H15ClO2. The SMILES string of the molecule is CCOc1ccc(C(O)CC)cc1Cl. The number of hydrogen-bond donors (Lipinski definition) is 1. The molecule has 3 heteroatoms. The van der Waals surface area contributed by atoms with Crippen LogP contribution in [0, 0.1) is 0 Å². The van der Waals surface area contributed by atoms with E-state index in [1.165, 1.54) is 0 Å². The summed E-state index contributed by atoms with van der Waals surface area (Å²) in [7, 11) is 0. The quantitative estimate of drug-likeness (QED) is 0.834. The Balaban J connectivity index is 2.88. The third-order valence-electron chi connectivity index (χ3n) is 2.03. The summed E-state index contributed by atoms with van der Waals surface area (Å²) < 4.78 is 5.29. The third-order valence-corrected chi connectivity index (χ3v) is 2.32. The highest BCUT2D eigenvalue weighted by Crippen LogP contribution is 2.28. The van der Waals surface area contributed by atoms with Gasteiger partial charge in [0.1, 0.15) is 5.75 Å². The average Bonchev–Trinajstić information content (AvgIpc) is 2.20. The van der Waals surface area contributed by atoms with Crippen molar-refractivity contribution in [2.45, 2.75) is 26.4 Å². The molecule has 2 nitrogen and oxygen atoms in total. The molecule has 1 N–H and O–H groups in total. The van der Waals surface area contributed by atoms with Gasteiger partial charge in [0.2, 0.25) is 0 Å². The lowest BCUT2D eigenvalue weighted by Gasteiger charge is -2.11. The molecule has 1 aromatic carbocycles. The largest absolute Gasteiger partial charge is 0.492 e. The van der Waals surface area contributed by atoms with Crippen LogP contribution in [0.3, 0.4) is 0 Å². The van der Waals surface area contributed by atoms with Gasteiger partial charge in [-0.1, -0.05) is 24.6 Å². The van der Waals surface area contributed by atoms with Crippen LogP contribution in [0.2, 0.25) is 5.02 Å². The summed E-state index contributed by atoms with van der Waals surface area (Å²) in [6.07, 6.45) is 0.243. The van der Waals surface area contributed by atoms with Gasteiger partial charge in [-0.3, -0.25) is 0 Å². The summed E-state index contributed by atoms with van der Waals surface area (Å²) in [5.74, 6) is 0.668. The molecule has 0 saturated heterocycles. The first-order valence-corrected chi connectivity index (χ1v) is 5.17. The molecule has 0 aromatic heterocycles. The first-order chi connectivity index (χ1) is 6.69.